The average Bonchev–Trinajstić information content (AvgIpc) is 3.38. The highest BCUT2D eigenvalue weighted by atomic mass is 16.2. The van der Waals surface area contributed by atoms with Crippen LogP contribution in [0.5, 0.6) is 0 Å². The van der Waals surface area contributed by atoms with Crippen LogP contribution in [0.1, 0.15) is 19.3 Å². The Morgan fingerprint density at radius 2 is 1.75 bits per heavy atom. The first-order valence-electron chi connectivity index (χ1n) is 11.5. The van der Waals surface area contributed by atoms with E-state index in [2.05, 4.69) is 39.0 Å². The van der Waals surface area contributed by atoms with Crippen LogP contribution in [0, 0.1) is 0 Å². The number of anilines is 2. The molecule has 0 radical (unpaired) electrons. The quantitative estimate of drug-likeness (QED) is 0.645. The number of benzene rings is 1. The number of imide groups is 1. The lowest BCUT2D eigenvalue weighted by atomic mass is 10.1. The molecule has 4 aliphatic rings. The number of rotatable bonds is 5. The van der Waals surface area contributed by atoms with Crippen LogP contribution in [0.4, 0.5) is 16.2 Å². The van der Waals surface area contributed by atoms with Gasteiger partial charge in [0.1, 0.15) is 12.2 Å². The number of carbonyl (C=O) groups excluding carboxylic acids is 2. The van der Waals surface area contributed by atoms with Crippen molar-refractivity contribution in [2.75, 3.05) is 70.2 Å². The SMILES string of the molecule is CN1C(=O)N(CCN2CCCCC2)C(=O)C2C1=NC1=[N+]2CCN1c1ccc(N(C)C)cc1. The van der Waals surface area contributed by atoms with E-state index in [0.29, 0.717) is 18.9 Å². The average molecular weight is 439 g/mol. The van der Waals surface area contributed by atoms with Gasteiger partial charge in [-0.05, 0) is 50.2 Å². The van der Waals surface area contributed by atoms with Crippen LogP contribution in [-0.4, -0.2) is 109 Å². The number of urea groups is 1. The maximum absolute atomic E-state index is 13.4. The van der Waals surface area contributed by atoms with Crippen LogP contribution in [0.2, 0.25) is 0 Å². The number of piperidine rings is 1. The summed E-state index contributed by atoms with van der Waals surface area (Å²) in [5.74, 6) is 1.15. The maximum atomic E-state index is 13.4. The van der Waals surface area contributed by atoms with Crippen molar-refractivity contribution in [1.29, 1.82) is 0 Å². The summed E-state index contributed by atoms with van der Waals surface area (Å²) in [5, 5.41) is 0. The van der Waals surface area contributed by atoms with Crippen LogP contribution < -0.4 is 9.80 Å². The molecule has 0 saturated carbocycles. The van der Waals surface area contributed by atoms with E-state index in [1.54, 1.807) is 11.9 Å². The second-order valence-electron chi connectivity index (χ2n) is 9.16. The number of carbonyl (C=O) groups is 2. The maximum Gasteiger partial charge on any atom is 0.397 e. The van der Waals surface area contributed by atoms with Crippen molar-refractivity contribution >= 4 is 35.1 Å². The van der Waals surface area contributed by atoms with Gasteiger partial charge >= 0.3 is 12.0 Å². The molecule has 2 saturated heterocycles. The summed E-state index contributed by atoms with van der Waals surface area (Å²) in [6, 6.07) is 7.53. The Hall–Kier alpha value is -2.94. The first-order valence-corrected chi connectivity index (χ1v) is 11.5. The van der Waals surface area contributed by atoms with Crippen LogP contribution in [-0.2, 0) is 4.79 Å². The highest BCUT2D eigenvalue weighted by Gasteiger charge is 2.55. The molecule has 9 heteroatoms. The molecule has 4 heterocycles. The van der Waals surface area contributed by atoms with E-state index in [4.69, 9.17) is 4.99 Å². The van der Waals surface area contributed by atoms with Gasteiger partial charge in [0.05, 0.1) is 6.54 Å². The number of nitrogens with zero attached hydrogens (tertiary/aromatic N) is 7. The van der Waals surface area contributed by atoms with Crippen molar-refractivity contribution in [3.8, 4) is 0 Å². The second-order valence-corrected chi connectivity index (χ2v) is 9.16. The summed E-state index contributed by atoms with van der Waals surface area (Å²) in [5.41, 5.74) is 2.17. The summed E-state index contributed by atoms with van der Waals surface area (Å²) >= 11 is 0. The van der Waals surface area contributed by atoms with Gasteiger partial charge in [-0.2, -0.15) is 0 Å². The van der Waals surface area contributed by atoms with E-state index in [9.17, 15) is 9.59 Å². The molecule has 1 unspecified atom stereocenters. The number of amides is 3. The minimum atomic E-state index is -0.514. The predicted octanol–water partition coefficient (Wildman–Crippen LogP) is 1.10. The zero-order valence-electron chi connectivity index (χ0n) is 19.2. The van der Waals surface area contributed by atoms with Gasteiger partial charge in [0.2, 0.25) is 11.9 Å². The number of fused-ring (bicyclic) bond motifs is 2. The Kier molecular flexibility index (Phi) is 5.36. The van der Waals surface area contributed by atoms with Gasteiger partial charge in [0.25, 0.3) is 5.91 Å². The summed E-state index contributed by atoms with van der Waals surface area (Å²) in [6.07, 6.45) is 3.65. The number of likely N-dealkylation sites (N-methyl/N-ethyl adjacent to an activating group) is 1. The van der Waals surface area contributed by atoms with E-state index in [0.717, 1.165) is 43.5 Å². The molecule has 5 rings (SSSR count). The van der Waals surface area contributed by atoms with E-state index < -0.39 is 6.04 Å². The summed E-state index contributed by atoms with van der Waals surface area (Å²) in [6.45, 7) is 4.75. The van der Waals surface area contributed by atoms with Crippen LogP contribution in [0.25, 0.3) is 0 Å². The molecule has 0 bridgehead atoms. The van der Waals surface area contributed by atoms with Gasteiger partial charge in [-0.3, -0.25) is 14.6 Å². The molecular formula is C23H32N7O2+. The van der Waals surface area contributed by atoms with E-state index >= 15 is 0 Å². The number of guanidine groups is 1. The van der Waals surface area contributed by atoms with Crippen molar-refractivity contribution < 1.29 is 14.2 Å². The number of hydrogen-bond donors (Lipinski definition) is 0. The number of amidine groups is 1. The minimum Gasteiger partial charge on any atom is -0.378 e. The lowest BCUT2D eigenvalue weighted by Gasteiger charge is -2.35. The van der Waals surface area contributed by atoms with Crippen molar-refractivity contribution in [3.63, 3.8) is 0 Å². The minimum absolute atomic E-state index is 0.149. The third-order valence-electron chi connectivity index (χ3n) is 6.96. The summed E-state index contributed by atoms with van der Waals surface area (Å²) < 4.78 is 2.05. The van der Waals surface area contributed by atoms with Crippen molar-refractivity contribution in [2.45, 2.75) is 25.3 Å². The third kappa shape index (κ3) is 3.44. The fraction of sp³-hybridized carbons (Fsp3) is 0.565. The molecule has 1 aromatic carbocycles. The Bertz CT molecular complexity index is 979. The molecule has 4 aliphatic heterocycles. The first-order chi connectivity index (χ1) is 15.5. The predicted molar refractivity (Wildman–Crippen MR) is 125 cm³/mol. The summed E-state index contributed by atoms with van der Waals surface area (Å²) in [7, 11) is 5.77. The second kappa shape index (κ2) is 8.20. The molecule has 2 fully saturated rings. The Morgan fingerprint density at radius 3 is 2.44 bits per heavy atom. The molecule has 0 aromatic heterocycles. The van der Waals surface area contributed by atoms with Crippen LogP contribution in [0.15, 0.2) is 29.3 Å². The third-order valence-corrected chi connectivity index (χ3v) is 6.96. The molecule has 0 aliphatic carbocycles. The van der Waals surface area contributed by atoms with Crippen LogP contribution >= 0.6 is 0 Å². The molecule has 0 spiro atoms. The normalized spacial score (nSPS) is 23.7. The highest BCUT2D eigenvalue weighted by molar-refractivity contribution is 6.24. The lowest BCUT2D eigenvalue weighted by molar-refractivity contribution is -0.525. The topological polar surface area (TPSA) is 65.7 Å². The molecule has 1 aromatic rings. The fourth-order valence-electron chi connectivity index (χ4n) is 5.06. The molecule has 9 nitrogen and oxygen atoms in total. The molecule has 32 heavy (non-hydrogen) atoms. The van der Waals surface area contributed by atoms with Crippen LogP contribution in [0.3, 0.4) is 0 Å². The number of likely N-dealkylation sites (tertiary alicyclic amines) is 1. The Labute approximate surface area is 189 Å². The zero-order chi connectivity index (χ0) is 22.4. The first kappa shape index (κ1) is 20.9. The summed E-state index contributed by atoms with van der Waals surface area (Å²) in [4.78, 5) is 40.8. The number of aliphatic imine (C=N–C) groups is 1. The van der Waals surface area contributed by atoms with E-state index in [-0.39, 0.29) is 11.9 Å². The Morgan fingerprint density at radius 1 is 1.03 bits per heavy atom. The standard InChI is InChI=1S/C23H32N7O2/c1-25(2)17-7-9-18(10-8-17)28-15-16-29-19-20(24-22(28)29)26(3)23(32)30(21(19)31)14-13-27-11-5-4-6-12-27/h7-10,19H,4-6,11-16H2,1-3H3/q+1. The van der Waals surface area contributed by atoms with Gasteiger partial charge in [-0.1, -0.05) is 11.4 Å². The van der Waals surface area contributed by atoms with Crippen molar-refractivity contribution in [3.05, 3.63) is 24.3 Å². The van der Waals surface area contributed by atoms with E-state index in [1.165, 1.54) is 24.2 Å². The highest BCUT2D eigenvalue weighted by Crippen LogP contribution is 2.28. The van der Waals surface area contributed by atoms with Crippen molar-refractivity contribution in [1.82, 2.24) is 14.7 Å². The van der Waals surface area contributed by atoms with Gasteiger partial charge in [-0.15, -0.1) is 0 Å². The van der Waals surface area contributed by atoms with Gasteiger partial charge in [0, 0.05) is 39.9 Å². The molecule has 170 valence electrons. The fourth-order valence-corrected chi connectivity index (χ4v) is 5.06. The van der Waals surface area contributed by atoms with Gasteiger partial charge < -0.3 is 9.80 Å². The lowest BCUT2D eigenvalue weighted by Crippen LogP contribution is -2.63. The Balaban J connectivity index is 1.37. The zero-order valence-corrected chi connectivity index (χ0v) is 19.2. The largest absolute Gasteiger partial charge is 0.397 e. The molecular weight excluding hydrogens is 406 g/mol. The molecule has 1 atom stereocenters. The molecule has 3 amide bonds. The van der Waals surface area contributed by atoms with Gasteiger partial charge in [-0.25, -0.2) is 14.3 Å². The van der Waals surface area contributed by atoms with Gasteiger partial charge in [0.15, 0.2) is 0 Å². The monoisotopic (exact) mass is 438 g/mol. The number of hydrogen-bond acceptors (Lipinski definition) is 6. The van der Waals surface area contributed by atoms with E-state index in [1.807, 2.05) is 18.7 Å². The smallest absolute Gasteiger partial charge is 0.378 e. The van der Waals surface area contributed by atoms with Crippen molar-refractivity contribution in [2.24, 2.45) is 4.99 Å². The molecule has 0 N–H and O–H groups in total.